The molecule has 2 aromatic heterocycles. The van der Waals surface area contributed by atoms with Crippen molar-refractivity contribution in [2.45, 2.75) is 42.7 Å². The van der Waals surface area contributed by atoms with Crippen LogP contribution in [0.5, 0.6) is 5.88 Å². The molecule has 4 aromatic rings. The third-order valence-electron chi connectivity index (χ3n) is 7.20. The second-order valence-electron chi connectivity index (χ2n) is 10.1. The van der Waals surface area contributed by atoms with Crippen molar-refractivity contribution in [3.05, 3.63) is 65.3 Å². The van der Waals surface area contributed by atoms with Gasteiger partial charge in [0.2, 0.25) is 11.8 Å². The van der Waals surface area contributed by atoms with Crippen LogP contribution >= 0.6 is 11.6 Å². The van der Waals surface area contributed by atoms with E-state index < -0.39 is 27.5 Å². The molecule has 2 N–H and O–H groups in total. The molecule has 0 bridgehead atoms. The van der Waals surface area contributed by atoms with Crippen LogP contribution in [0, 0.1) is 11.6 Å². The molecule has 0 spiro atoms. The van der Waals surface area contributed by atoms with Gasteiger partial charge >= 0.3 is 0 Å². The molecule has 5 rings (SSSR count). The van der Waals surface area contributed by atoms with Gasteiger partial charge in [-0.1, -0.05) is 23.7 Å². The number of ether oxygens (including phenoxy) is 1. The van der Waals surface area contributed by atoms with Gasteiger partial charge in [0.25, 0.3) is 10.0 Å². The number of rotatable bonds is 8. The van der Waals surface area contributed by atoms with E-state index >= 15 is 8.78 Å². The minimum absolute atomic E-state index is 0.0343. The second kappa shape index (κ2) is 11.7. The lowest BCUT2D eigenvalue weighted by Crippen LogP contribution is -2.36. The van der Waals surface area contributed by atoms with Crippen LogP contribution < -0.4 is 14.8 Å². The summed E-state index contributed by atoms with van der Waals surface area (Å²) in [6.45, 7) is 0. The molecule has 41 heavy (non-hydrogen) atoms. The Morgan fingerprint density at radius 3 is 2.44 bits per heavy atom. The van der Waals surface area contributed by atoms with Gasteiger partial charge in [-0.2, -0.15) is 4.98 Å². The van der Waals surface area contributed by atoms with Gasteiger partial charge in [-0.15, -0.1) is 0 Å². The molecule has 0 unspecified atom stereocenters. The van der Waals surface area contributed by atoms with Crippen LogP contribution in [-0.2, 0) is 10.0 Å². The van der Waals surface area contributed by atoms with Gasteiger partial charge in [0.1, 0.15) is 16.2 Å². The maximum atomic E-state index is 15.3. The normalized spacial score (nSPS) is 17.5. The van der Waals surface area contributed by atoms with Crippen molar-refractivity contribution in [1.29, 1.82) is 0 Å². The van der Waals surface area contributed by atoms with Crippen molar-refractivity contribution in [1.82, 2.24) is 19.9 Å². The van der Waals surface area contributed by atoms with Crippen molar-refractivity contribution in [2.75, 3.05) is 31.2 Å². The molecule has 2 heterocycles. The first-order chi connectivity index (χ1) is 19.6. The second-order valence-corrected chi connectivity index (χ2v) is 12.2. The fourth-order valence-corrected chi connectivity index (χ4v) is 6.53. The van der Waals surface area contributed by atoms with Gasteiger partial charge < -0.3 is 15.0 Å². The summed E-state index contributed by atoms with van der Waals surface area (Å²) in [5.41, 5.74) is 0.487. The number of pyridine rings is 1. The SMILES string of the molecule is COc1nc(NS(=O)(=O)c2ccccc2Cl)c(F)cc1-c1cc(F)c2nc(NC3CCC(N(C)C)CC3)ncc2c1. The highest BCUT2D eigenvalue weighted by atomic mass is 35.5. The Kier molecular flexibility index (Phi) is 8.25. The molecule has 0 amide bonds. The number of nitrogens with zero attached hydrogens (tertiary/aromatic N) is 4. The van der Waals surface area contributed by atoms with Gasteiger partial charge in [0.05, 0.1) is 12.1 Å². The fourth-order valence-electron chi connectivity index (χ4n) is 5.00. The zero-order valence-electron chi connectivity index (χ0n) is 22.7. The number of hydrogen-bond donors (Lipinski definition) is 2. The van der Waals surface area contributed by atoms with E-state index in [9.17, 15) is 8.42 Å². The summed E-state index contributed by atoms with van der Waals surface area (Å²) >= 11 is 6.01. The first kappa shape index (κ1) is 28.9. The number of sulfonamides is 1. The summed E-state index contributed by atoms with van der Waals surface area (Å²) in [7, 11) is 1.21. The maximum absolute atomic E-state index is 15.3. The molecule has 0 saturated heterocycles. The molecule has 13 heteroatoms. The van der Waals surface area contributed by atoms with Gasteiger partial charge in [0, 0.05) is 29.2 Å². The molecule has 1 aliphatic rings. The molecule has 1 aliphatic carbocycles. The highest BCUT2D eigenvalue weighted by molar-refractivity contribution is 7.92. The van der Waals surface area contributed by atoms with Crippen LogP contribution in [-0.4, -0.2) is 61.6 Å². The van der Waals surface area contributed by atoms with Crippen LogP contribution in [0.1, 0.15) is 25.7 Å². The number of methoxy groups -OCH3 is 1. The predicted molar refractivity (Wildman–Crippen MR) is 155 cm³/mol. The molecule has 0 radical (unpaired) electrons. The topological polar surface area (TPSA) is 109 Å². The Labute approximate surface area is 242 Å². The molecule has 0 aliphatic heterocycles. The molecule has 1 fully saturated rings. The number of halogens is 3. The molecule has 2 aromatic carbocycles. The van der Waals surface area contributed by atoms with Crippen LogP contribution in [0.2, 0.25) is 5.02 Å². The average Bonchev–Trinajstić information content (AvgIpc) is 2.94. The van der Waals surface area contributed by atoms with E-state index in [1.807, 2.05) is 0 Å². The highest BCUT2D eigenvalue weighted by Gasteiger charge is 2.25. The van der Waals surface area contributed by atoms with Crippen LogP contribution in [0.15, 0.2) is 53.6 Å². The van der Waals surface area contributed by atoms with Crippen molar-refractivity contribution in [2.24, 2.45) is 0 Å². The Morgan fingerprint density at radius 2 is 1.76 bits per heavy atom. The van der Waals surface area contributed by atoms with E-state index in [1.54, 1.807) is 12.1 Å². The zero-order valence-corrected chi connectivity index (χ0v) is 24.2. The smallest absolute Gasteiger partial charge is 0.264 e. The largest absolute Gasteiger partial charge is 0.480 e. The Hall–Kier alpha value is -3.61. The minimum atomic E-state index is -4.25. The molecular weight excluding hydrogens is 574 g/mol. The van der Waals surface area contributed by atoms with Crippen LogP contribution in [0.25, 0.3) is 22.0 Å². The number of benzene rings is 2. The summed E-state index contributed by atoms with van der Waals surface area (Å²) in [5, 5.41) is 3.68. The van der Waals surface area contributed by atoms with Crippen LogP contribution in [0.4, 0.5) is 20.5 Å². The van der Waals surface area contributed by atoms with Crippen molar-refractivity contribution < 1.29 is 21.9 Å². The standard InChI is InChI=1S/C28H29ClF2N6O3S/c1-37(2)19-10-8-18(9-11-19)33-28-32-15-17-12-16(13-22(30)25(17)34-28)20-14-23(31)26(35-27(20)40-3)36-41(38,39)24-7-5-4-6-21(24)29/h4-7,12-15,18-19H,8-11H2,1-3H3,(H,35,36)(H,32,33,34). The van der Waals surface area contributed by atoms with Gasteiger partial charge in [0.15, 0.2) is 11.6 Å². The van der Waals surface area contributed by atoms with Crippen LogP contribution in [0.3, 0.4) is 0 Å². The van der Waals surface area contributed by atoms with Crippen molar-refractivity contribution >= 4 is 44.3 Å². The number of hydrogen-bond acceptors (Lipinski definition) is 8. The molecule has 1 saturated carbocycles. The Morgan fingerprint density at radius 1 is 1.02 bits per heavy atom. The van der Waals surface area contributed by atoms with Crippen molar-refractivity contribution in [3.63, 3.8) is 0 Å². The summed E-state index contributed by atoms with van der Waals surface area (Å²) in [6, 6.07) is 10.3. The van der Waals surface area contributed by atoms with Gasteiger partial charge in [-0.05, 0) is 75.7 Å². The zero-order chi connectivity index (χ0) is 29.3. The fraction of sp³-hybridized carbons (Fsp3) is 0.321. The number of nitrogens with one attached hydrogen (secondary N) is 2. The van der Waals surface area contributed by atoms with Gasteiger partial charge in [-0.25, -0.2) is 27.2 Å². The lowest BCUT2D eigenvalue weighted by molar-refractivity contribution is 0.221. The van der Waals surface area contributed by atoms with E-state index in [-0.39, 0.29) is 38.5 Å². The van der Waals surface area contributed by atoms with Crippen molar-refractivity contribution in [3.8, 4) is 17.0 Å². The predicted octanol–water partition coefficient (Wildman–Crippen LogP) is 5.72. The number of fused-ring (bicyclic) bond motifs is 1. The van der Waals surface area contributed by atoms with E-state index in [0.717, 1.165) is 31.7 Å². The molecule has 9 nitrogen and oxygen atoms in total. The Bertz CT molecular complexity index is 1700. The monoisotopic (exact) mass is 602 g/mol. The lowest BCUT2D eigenvalue weighted by atomic mass is 9.91. The Balaban J connectivity index is 1.41. The molecule has 216 valence electrons. The molecule has 0 atom stereocenters. The first-order valence-corrected chi connectivity index (χ1v) is 14.8. The quantitative estimate of drug-likeness (QED) is 0.264. The third-order valence-corrected chi connectivity index (χ3v) is 9.04. The minimum Gasteiger partial charge on any atom is -0.480 e. The number of anilines is 2. The maximum Gasteiger partial charge on any atom is 0.264 e. The summed E-state index contributed by atoms with van der Waals surface area (Å²) in [6.07, 6.45) is 5.56. The van der Waals surface area contributed by atoms with E-state index in [2.05, 4.69) is 44.0 Å². The summed E-state index contributed by atoms with van der Waals surface area (Å²) < 4.78 is 63.5. The first-order valence-electron chi connectivity index (χ1n) is 13.0. The lowest BCUT2D eigenvalue weighted by Gasteiger charge is -2.32. The average molecular weight is 603 g/mol. The third kappa shape index (κ3) is 6.19. The number of aromatic nitrogens is 3. The van der Waals surface area contributed by atoms with E-state index in [1.165, 1.54) is 37.6 Å². The van der Waals surface area contributed by atoms with E-state index in [4.69, 9.17) is 16.3 Å². The molecular formula is C28H29ClF2N6O3S. The van der Waals surface area contributed by atoms with E-state index in [0.29, 0.717) is 17.4 Å². The summed E-state index contributed by atoms with van der Waals surface area (Å²) in [4.78, 5) is 14.8. The summed E-state index contributed by atoms with van der Waals surface area (Å²) in [5.74, 6) is -1.99. The highest BCUT2D eigenvalue weighted by Crippen LogP contribution is 2.35. The van der Waals surface area contributed by atoms with Gasteiger partial charge in [-0.3, -0.25) is 4.72 Å².